The van der Waals surface area contributed by atoms with Crippen LogP contribution in [0, 0.1) is 27.7 Å². The van der Waals surface area contributed by atoms with Crippen LogP contribution in [0.15, 0.2) is 36.4 Å². The van der Waals surface area contributed by atoms with E-state index in [1.54, 1.807) is 14.2 Å². The van der Waals surface area contributed by atoms with E-state index in [2.05, 4.69) is 50.0 Å². The number of carbonyl (C=O) groups excluding carboxylic acids is 2. The lowest BCUT2D eigenvalue weighted by atomic mass is 9.98. The normalized spacial score (nSPS) is 10.2. The van der Waals surface area contributed by atoms with Gasteiger partial charge in [-0.25, -0.2) is 0 Å². The zero-order chi connectivity index (χ0) is 29.6. The lowest BCUT2D eigenvalue weighted by Gasteiger charge is -2.19. The Balaban J connectivity index is 0. The maximum atomic E-state index is 12.2. The topological polar surface area (TPSA) is 67.9 Å². The van der Waals surface area contributed by atoms with Crippen molar-refractivity contribution >= 4 is 23.2 Å². The predicted molar refractivity (Wildman–Crippen MR) is 171 cm³/mol. The molecule has 0 aliphatic heterocycles. The molecule has 2 rings (SSSR count). The Morgan fingerprint density at radius 1 is 0.800 bits per heavy atom. The molecule has 0 saturated heterocycles. The summed E-state index contributed by atoms with van der Waals surface area (Å²) in [6.07, 6.45) is 0.990. The Hall–Kier alpha value is -2.09. The second kappa shape index (κ2) is 24.7. The number of Topliss-reactive ketones (excluding diaryl/α,β-unsaturated/α-hetero) is 2. The highest BCUT2D eigenvalue weighted by Crippen LogP contribution is 2.15. The fraction of sp³-hybridized carbons (Fsp3) is 0.576. The number of carbonyl (C=O) groups is 2. The number of ketones is 2. The minimum atomic E-state index is 0. The third kappa shape index (κ3) is 17.6. The van der Waals surface area contributed by atoms with E-state index in [1.165, 1.54) is 27.8 Å². The summed E-state index contributed by atoms with van der Waals surface area (Å²) >= 11 is 5.46. The number of rotatable bonds is 15. The molecule has 0 heterocycles. The molecule has 0 radical (unpaired) electrons. The average Bonchev–Trinajstić information content (AvgIpc) is 2.92. The number of halogens is 1. The van der Waals surface area contributed by atoms with Crippen molar-refractivity contribution in [1.82, 2.24) is 10.2 Å². The van der Waals surface area contributed by atoms with Crippen LogP contribution < -0.4 is 5.32 Å². The summed E-state index contributed by atoms with van der Waals surface area (Å²) in [5.74, 6) is 0.461. The molecule has 40 heavy (non-hydrogen) atoms. The number of nitrogens with zero attached hydrogens (tertiary/aromatic N) is 1. The van der Waals surface area contributed by atoms with E-state index in [0.717, 1.165) is 38.3 Å². The molecule has 0 bridgehead atoms. The number of methoxy groups -OCH3 is 2. The van der Waals surface area contributed by atoms with Gasteiger partial charge in [0.2, 0.25) is 0 Å². The van der Waals surface area contributed by atoms with Crippen LogP contribution in [-0.2, 0) is 31.9 Å². The van der Waals surface area contributed by atoms with E-state index in [4.69, 9.17) is 21.1 Å². The number of aryl methyl sites for hydroxylation is 4. The Morgan fingerprint density at radius 3 is 1.62 bits per heavy atom. The van der Waals surface area contributed by atoms with Crippen molar-refractivity contribution in [2.45, 2.75) is 61.8 Å². The van der Waals surface area contributed by atoms with Gasteiger partial charge in [-0.3, -0.25) is 14.5 Å². The first-order valence-electron chi connectivity index (χ1n) is 13.7. The minimum Gasteiger partial charge on any atom is -0.383 e. The highest BCUT2D eigenvalue weighted by molar-refractivity contribution is 6.27. The molecule has 0 fully saturated rings. The van der Waals surface area contributed by atoms with Crippen LogP contribution in [0.25, 0.3) is 0 Å². The van der Waals surface area contributed by atoms with E-state index in [9.17, 15) is 9.59 Å². The van der Waals surface area contributed by atoms with Crippen LogP contribution in [-0.4, -0.2) is 82.5 Å². The first-order valence-corrected chi connectivity index (χ1v) is 14.3. The van der Waals surface area contributed by atoms with Crippen LogP contribution >= 0.6 is 11.6 Å². The molecule has 0 aliphatic carbocycles. The third-order valence-corrected chi connectivity index (χ3v) is 6.68. The molecular weight excluding hydrogens is 524 g/mol. The molecule has 0 amide bonds. The molecule has 0 aromatic heterocycles. The minimum absolute atomic E-state index is 0. The molecule has 0 unspecified atom stereocenters. The van der Waals surface area contributed by atoms with E-state index in [-0.39, 0.29) is 24.9 Å². The SMILES string of the molecule is C.CCN(CCOC)CC(=O)Cc1c(C)cccc1C.CCNCCOC.Cc1cccc(C)c1CC(=O)CCl. The molecule has 228 valence electrons. The highest BCUT2D eigenvalue weighted by Gasteiger charge is 2.12. The molecule has 6 nitrogen and oxygen atoms in total. The monoisotopic (exact) mass is 578 g/mol. The van der Waals surface area contributed by atoms with E-state index < -0.39 is 0 Å². The van der Waals surface area contributed by atoms with E-state index in [1.807, 2.05) is 38.1 Å². The van der Waals surface area contributed by atoms with Crippen molar-refractivity contribution in [3.8, 4) is 0 Å². The van der Waals surface area contributed by atoms with Crippen molar-refractivity contribution in [3.05, 3.63) is 69.8 Å². The number of ether oxygens (including phenoxy) is 2. The highest BCUT2D eigenvalue weighted by atomic mass is 35.5. The lowest BCUT2D eigenvalue weighted by molar-refractivity contribution is -0.119. The van der Waals surface area contributed by atoms with Gasteiger partial charge in [-0.05, 0) is 74.2 Å². The van der Waals surface area contributed by atoms with Gasteiger partial charge in [0.25, 0.3) is 0 Å². The van der Waals surface area contributed by atoms with E-state index in [0.29, 0.717) is 26.0 Å². The van der Waals surface area contributed by atoms with Crippen LogP contribution in [0.2, 0.25) is 0 Å². The van der Waals surface area contributed by atoms with Gasteiger partial charge in [0, 0.05) is 40.2 Å². The van der Waals surface area contributed by atoms with Gasteiger partial charge >= 0.3 is 0 Å². The van der Waals surface area contributed by atoms with Crippen molar-refractivity contribution in [1.29, 1.82) is 0 Å². The molecule has 0 spiro atoms. The fourth-order valence-corrected chi connectivity index (χ4v) is 4.02. The number of alkyl halides is 1. The number of nitrogens with one attached hydrogen (secondary N) is 1. The van der Waals surface area contributed by atoms with Crippen molar-refractivity contribution in [3.63, 3.8) is 0 Å². The number of likely N-dealkylation sites (N-methyl/N-ethyl adjacent to an activating group) is 2. The summed E-state index contributed by atoms with van der Waals surface area (Å²) in [6, 6.07) is 12.2. The molecule has 2 aromatic carbocycles. The standard InChI is InChI=1S/C16H25NO2.C11H13ClO.C5H13NO.CH4/c1-5-17(9-10-19-4)12-15(18)11-16-13(2)7-6-8-14(16)3;1-8-4-3-5-9(2)11(8)6-10(13)7-12;1-3-6-4-5-7-2;/h6-8H,5,9-12H2,1-4H3;3-5H,6-7H2,1-2H3;6H,3-5H2,1-2H3;1H4. The molecule has 0 atom stereocenters. The second-order valence-corrected chi connectivity index (χ2v) is 9.78. The van der Waals surface area contributed by atoms with Gasteiger partial charge in [-0.1, -0.05) is 57.7 Å². The molecule has 2 aromatic rings. The summed E-state index contributed by atoms with van der Waals surface area (Å²) in [6.45, 7) is 18.0. The van der Waals surface area contributed by atoms with Crippen LogP contribution in [0.5, 0.6) is 0 Å². The summed E-state index contributed by atoms with van der Waals surface area (Å²) < 4.78 is 9.84. The largest absolute Gasteiger partial charge is 0.383 e. The van der Waals surface area contributed by atoms with Gasteiger partial charge in [0.15, 0.2) is 11.6 Å². The maximum Gasteiger partial charge on any atom is 0.151 e. The Bertz CT molecular complexity index is 921. The number of hydrogen-bond acceptors (Lipinski definition) is 6. The Labute approximate surface area is 249 Å². The zero-order valence-corrected chi connectivity index (χ0v) is 26.2. The summed E-state index contributed by atoms with van der Waals surface area (Å²) in [5.41, 5.74) is 7.03. The van der Waals surface area contributed by atoms with Crippen molar-refractivity contribution < 1.29 is 19.1 Å². The van der Waals surface area contributed by atoms with Gasteiger partial charge in [0.05, 0.1) is 25.6 Å². The van der Waals surface area contributed by atoms with E-state index >= 15 is 0 Å². The molecule has 1 N–H and O–H groups in total. The maximum absolute atomic E-state index is 12.2. The summed E-state index contributed by atoms with van der Waals surface area (Å²) in [4.78, 5) is 25.4. The van der Waals surface area contributed by atoms with Gasteiger partial charge in [0.1, 0.15) is 0 Å². The van der Waals surface area contributed by atoms with Crippen LogP contribution in [0.3, 0.4) is 0 Å². The predicted octanol–water partition coefficient (Wildman–Crippen LogP) is 5.92. The molecule has 0 saturated carbocycles. The Morgan fingerprint density at radius 2 is 1.25 bits per heavy atom. The smallest absolute Gasteiger partial charge is 0.151 e. The lowest BCUT2D eigenvalue weighted by Crippen LogP contribution is -2.33. The first kappa shape index (κ1) is 40.1. The molecular formula is C33H55ClN2O4. The van der Waals surface area contributed by atoms with Crippen LogP contribution in [0.1, 0.15) is 54.7 Å². The van der Waals surface area contributed by atoms with Gasteiger partial charge in [-0.15, -0.1) is 11.6 Å². The summed E-state index contributed by atoms with van der Waals surface area (Å²) in [5, 5.41) is 3.12. The fourth-order valence-electron chi connectivity index (χ4n) is 3.92. The Kier molecular flexibility index (Phi) is 24.7. The van der Waals surface area contributed by atoms with Crippen LogP contribution in [0.4, 0.5) is 0 Å². The quantitative estimate of drug-likeness (QED) is 0.209. The average molecular weight is 579 g/mol. The first-order chi connectivity index (χ1) is 18.6. The third-order valence-electron chi connectivity index (χ3n) is 6.38. The molecule has 7 heteroatoms. The van der Waals surface area contributed by atoms with Crippen molar-refractivity contribution in [2.75, 3.05) is 66.0 Å². The zero-order valence-electron chi connectivity index (χ0n) is 25.5. The number of benzene rings is 2. The number of hydrogen-bond donors (Lipinski definition) is 1. The van der Waals surface area contributed by atoms with Crippen molar-refractivity contribution in [2.24, 2.45) is 0 Å². The second-order valence-electron chi connectivity index (χ2n) is 9.51. The van der Waals surface area contributed by atoms with Gasteiger partial charge < -0.3 is 14.8 Å². The van der Waals surface area contributed by atoms with Gasteiger partial charge in [-0.2, -0.15) is 0 Å². The molecule has 0 aliphatic rings. The summed E-state index contributed by atoms with van der Waals surface area (Å²) in [7, 11) is 3.39.